The van der Waals surface area contributed by atoms with Gasteiger partial charge < -0.3 is 14.8 Å². The second-order valence-electron chi connectivity index (χ2n) is 5.00. The Bertz CT molecular complexity index is 645. The molecule has 130 valence electrons. The maximum atomic E-state index is 12.4. The highest BCUT2D eigenvalue weighted by molar-refractivity contribution is 7.89. The van der Waals surface area contributed by atoms with Gasteiger partial charge in [-0.25, -0.2) is 17.9 Å². The van der Waals surface area contributed by atoms with E-state index in [0.717, 1.165) is 25.9 Å². The number of ether oxygens (including phenoxy) is 2. The molecule has 0 atom stereocenters. The number of carbonyl (C=O) groups excluding carboxylic acids is 1. The van der Waals surface area contributed by atoms with Crippen molar-refractivity contribution >= 4 is 28.4 Å². The number of halogens is 1. The van der Waals surface area contributed by atoms with Crippen LogP contribution in [0.3, 0.4) is 0 Å². The summed E-state index contributed by atoms with van der Waals surface area (Å²) in [6.45, 7) is 1.56. The van der Waals surface area contributed by atoms with Crippen molar-refractivity contribution in [3.05, 3.63) is 23.8 Å². The van der Waals surface area contributed by atoms with Crippen LogP contribution in [0.5, 0.6) is 5.75 Å². The molecule has 1 saturated heterocycles. The second-order valence-corrected chi connectivity index (χ2v) is 6.71. The predicted molar refractivity (Wildman–Crippen MR) is 87.8 cm³/mol. The first-order valence-electron chi connectivity index (χ1n) is 6.97. The smallest absolute Gasteiger partial charge is 0.341 e. The number of methoxy groups -OCH3 is 2. The van der Waals surface area contributed by atoms with Gasteiger partial charge in [0.1, 0.15) is 11.3 Å². The average Bonchev–Trinajstić information content (AvgIpc) is 2.54. The molecule has 2 rings (SSSR count). The number of sulfonamides is 1. The standard InChI is InChI=1S/C14H20N2O5S.ClH/c1-20-13-4-3-11(9-12(13)14(17)21-2)22(18,19)16-10-5-7-15-8-6-10;/h3-4,9-10,15-16H,5-8H2,1-2H3;1H. The topological polar surface area (TPSA) is 93.7 Å². The van der Waals surface area contributed by atoms with Gasteiger partial charge in [-0.15, -0.1) is 12.4 Å². The number of nitrogens with one attached hydrogen (secondary N) is 2. The van der Waals surface area contributed by atoms with Crippen LogP contribution < -0.4 is 14.8 Å². The molecular weight excluding hydrogens is 344 g/mol. The summed E-state index contributed by atoms with van der Waals surface area (Å²) in [5, 5.41) is 3.17. The minimum Gasteiger partial charge on any atom is -0.496 e. The molecule has 2 N–H and O–H groups in total. The minimum absolute atomic E-state index is 0. The number of rotatable bonds is 5. The van der Waals surface area contributed by atoms with Gasteiger partial charge in [-0.2, -0.15) is 0 Å². The molecule has 1 aliphatic rings. The van der Waals surface area contributed by atoms with E-state index < -0.39 is 16.0 Å². The lowest BCUT2D eigenvalue weighted by Gasteiger charge is -2.23. The summed E-state index contributed by atoms with van der Waals surface area (Å²) in [5.74, 6) is -0.372. The summed E-state index contributed by atoms with van der Waals surface area (Å²) in [5.41, 5.74) is 0.0817. The quantitative estimate of drug-likeness (QED) is 0.755. The Hall–Kier alpha value is -1.35. The monoisotopic (exact) mass is 364 g/mol. The van der Waals surface area contributed by atoms with Gasteiger partial charge in [0.2, 0.25) is 10.0 Å². The van der Waals surface area contributed by atoms with Crippen molar-refractivity contribution in [2.75, 3.05) is 27.3 Å². The summed E-state index contributed by atoms with van der Waals surface area (Å²) in [7, 11) is -1.05. The van der Waals surface area contributed by atoms with Crippen LogP contribution in [0.15, 0.2) is 23.1 Å². The minimum atomic E-state index is -3.69. The van der Waals surface area contributed by atoms with Crippen LogP contribution in [0.25, 0.3) is 0 Å². The Morgan fingerprint density at radius 3 is 2.48 bits per heavy atom. The predicted octanol–water partition coefficient (Wildman–Crippen LogP) is 0.934. The fourth-order valence-corrected chi connectivity index (χ4v) is 3.68. The lowest BCUT2D eigenvalue weighted by molar-refractivity contribution is 0.0597. The third kappa shape index (κ3) is 4.81. The number of carbonyl (C=O) groups is 1. The second kappa shape index (κ2) is 8.49. The van der Waals surface area contributed by atoms with Gasteiger partial charge in [0.25, 0.3) is 0 Å². The molecule has 0 aromatic heterocycles. The molecule has 0 unspecified atom stereocenters. The van der Waals surface area contributed by atoms with Gasteiger partial charge in [-0.1, -0.05) is 0 Å². The zero-order valence-electron chi connectivity index (χ0n) is 13.0. The highest BCUT2D eigenvalue weighted by atomic mass is 35.5. The number of benzene rings is 1. The van der Waals surface area contributed by atoms with E-state index in [1.54, 1.807) is 0 Å². The third-order valence-corrected chi connectivity index (χ3v) is 5.07. The first kappa shape index (κ1) is 19.7. The maximum Gasteiger partial charge on any atom is 0.341 e. The van der Waals surface area contributed by atoms with Crippen molar-refractivity contribution in [3.63, 3.8) is 0 Å². The van der Waals surface area contributed by atoms with Crippen LogP contribution in [0.1, 0.15) is 23.2 Å². The number of hydrogen-bond acceptors (Lipinski definition) is 6. The van der Waals surface area contributed by atoms with E-state index in [9.17, 15) is 13.2 Å². The van der Waals surface area contributed by atoms with Gasteiger partial charge in [0, 0.05) is 6.04 Å². The Morgan fingerprint density at radius 2 is 1.91 bits per heavy atom. The van der Waals surface area contributed by atoms with Crippen LogP contribution in [-0.2, 0) is 14.8 Å². The third-order valence-electron chi connectivity index (χ3n) is 3.55. The van der Waals surface area contributed by atoms with Crippen LogP contribution in [0, 0.1) is 0 Å². The van der Waals surface area contributed by atoms with E-state index in [4.69, 9.17) is 4.74 Å². The SMILES string of the molecule is COC(=O)c1cc(S(=O)(=O)NC2CCNCC2)ccc1OC.Cl. The van der Waals surface area contributed by atoms with E-state index in [2.05, 4.69) is 14.8 Å². The summed E-state index contributed by atoms with van der Waals surface area (Å²) < 4.78 is 37.3. The molecule has 7 nitrogen and oxygen atoms in total. The number of piperidine rings is 1. The molecule has 1 aromatic carbocycles. The fourth-order valence-electron chi connectivity index (χ4n) is 2.35. The van der Waals surface area contributed by atoms with Gasteiger partial charge in [-0.05, 0) is 44.1 Å². The molecule has 9 heteroatoms. The first-order valence-corrected chi connectivity index (χ1v) is 8.45. The van der Waals surface area contributed by atoms with Crippen LogP contribution in [0.4, 0.5) is 0 Å². The molecule has 1 fully saturated rings. The molecule has 23 heavy (non-hydrogen) atoms. The molecule has 0 saturated carbocycles. The summed E-state index contributed by atoms with van der Waals surface area (Å²) in [4.78, 5) is 11.8. The van der Waals surface area contributed by atoms with Gasteiger partial charge in [-0.3, -0.25) is 0 Å². The van der Waals surface area contributed by atoms with E-state index in [-0.39, 0.29) is 34.7 Å². The molecule has 1 heterocycles. The van der Waals surface area contributed by atoms with E-state index in [0.29, 0.717) is 0 Å². The average molecular weight is 365 g/mol. The van der Waals surface area contributed by atoms with E-state index in [1.807, 2.05) is 0 Å². The Morgan fingerprint density at radius 1 is 1.26 bits per heavy atom. The Labute approximate surface area is 142 Å². The Kier molecular flexibility index (Phi) is 7.27. The summed E-state index contributed by atoms with van der Waals surface area (Å²) in [6.07, 6.45) is 1.47. The molecule has 0 aliphatic carbocycles. The van der Waals surface area contributed by atoms with Crippen molar-refractivity contribution in [1.82, 2.24) is 10.0 Å². The van der Waals surface area contributed by atoms with Crippen LogP contribution in [0.2, 0.25) is 0 Å². The summed E-state index contributed by atoms with van der Waals surface area (Å²) in [6, 6.07) is 4.03. The van der Waals surface area contributed by atoms with Gasteiger partial charge in [0.15, 0.2) is 0 Å². The molecule has 1 aliphatic heterocycles. The normalized spacial score (nSPS) is 15.6. The van der Waals surface area contributed by atoms with Gasteiger partial charge >= 0.3 is 5.97 Å². The van der Waals surface area contributed by atoms with Gasteiger partial charge in [0.05, 0.1) is 19.1 Å². The molecular formula is C14H21ClN2O5S. The molecule has 0 radical (unpaired) electrons. The number of hydrogen-bond donors (Lipinski definition) is 2. The zero-order chi connectivity index (χ0) is 16.2. The number of esters is 1. The molecule has 0 amide bonds. The lowest BCUT2D eigenvalue weighted by Crippen LogP contribution is -2.42. The molecule has 0 bridgehead atoms. The fraction of sp³-hybridized carbons (Fsp3) is 0.500. The molecule has 0 spiro atoms. The van der Waals surface area contributed by atoms with E-state index in [1.165, 1.54) is 32.4 Å². The highest BCUT2D eigenvalue weighted by Crippen LogP contribution is 2.23. The largest absolute Gasteiger partial charge is 0.496 e. The van der Waals surface area contributed by atoms with Crippen LogP contribution in [-0.4, -0.2) is 47.7 Å². The highest BCUT2D eigenvalue weighted by Gasteiger charge is 2.24. The van der Waals surface area contributed by atoms with E-state index >= 15 is 0 Å². The maximum absolute atomic E-state index is 12.4. The van der Waals surface area contributed by atoms with Crippen molar-refractivity contribution in [2.45, 2.75) is 23.8 Å². The Balaban J connectivity index is 0.00000264. The lowest BCUT2D eigenvalue weighted by atomic mass is 10.1. The van der Waals surface area contributed by atoms with Crippen molar-refractivity contribution in [3.8, 4) is 5.75 Å². The van der Waals surface area contributed by atoms with Crippen LogP contribution >= 0.6 is 12.4 Å². The first-order chi connectivity index (χ1) is 10.5. The van der Waals surface area contributed by atoms with Crippen molar-refractivity contribution in [1.29, 1.82) is 0 Å². The zero-order valence-corrected chi connectivity index (χ0v) is 14.6. The molecule has 1 aromatic rings. The van der Waals surface area contributed by atoms with Crippen molar-refractivity contribution < 1.29 is 22.7 Å². The van der Waals surface area contributed by atoms with Crippen molar-refractivity contribution in [2.24, 2.45) is 0 Å². The summed E-state index contributed by atoms with van der Waals surface area (Å²) >= 11 is 0.